The van der Waals surface area contributed by atoms with Crippen LogP contribution >= 0.6 is 0 Å². The van der Waals surface area contributed by atoms with Gasteiger partial charge in [-0.15, -0.1) is 0 Å². The van der Waals surface area contributed by atoms with Crippen LogP contribution in [0.25, 0.3) is 10.9 Å². The van der Waals surface area contributed by atoms with E-state index in [0.717, 1.165) is 22.4 Å². The molecule has 0 aliphatic carbocycles. The maximum Gasteiger partial charge on any atom is 0.340 e. The van der Waals surface area contributed by atoms with Crippen molar-refractivity contribution in [1.82, 2.24) is 4.98 Å². The second-order valence-electron chi connectivity index (χ2n) is 6.86. The number of hydrogen-bond donors (Lipinski definition) is 1. The number of halogens is 1. The highest BCUT2D eigenvalue weighted by Crippen LogP contribution is 2.22. The van der Waals surface area contributed by atoms with Crippen molar-refractivity contribution in [1.29, 1.82) is 0 Å². The molecule has 0 fully saturated rings. The van der Waals surface area contributed by atoms with Crippen molar-refractivity contribution >= 4 is 28.5 Å². The van der Waals surface area contributed by atoms with Crippen molar-refractivity contribution in [2.75, 3.05) is 11.9 Å². The number of hydrogen-bond acceptors (Lipinski definition) is 4. The first-order chi connectivity index (χ1) is 13.2. The lowest BCUT2D eigenvalue weighted by molar-refractivity contribution is -0.119. The highest BCUT2D eigenvalue weighted by molar-refractivity contribution is 5.98. The predicted octanol–water partition coefficient (Wildman–Crippen LogP) is 4.40. The lowest BCUT2D eigenvalue weighted by Crippen LogP contribution is -2.22. The van der Waals surface area contributed by atoms with E-state index in [1.54, 1.807) is 19.1 Å². The van der Waals surface area contributed by atoms with Crippen LogP contribution in [0.15, 0.2) is 36.4 Å². The number of anilines is 1. The molecule has 6 heteroatoms. The summed E-state index contributed by atoms with van der Waals surface area (Å²) in [5.41, 5.74) is 4.83. The Balaban J connectivity index is 1.70. The number of fused-ring (bicyclic) bond motifs is 1. The molecule has 3 aromatic rings. The van der Waals surface area contributed by atoms with E-state index in [2.05, 4.69) is 10.3 Å². The molecule has 5 nitrogen and oxygen atoms in total. The first kappa shape index (κ1) is 19.5. The summed E-state index contributed by atoms with van der Waals surface area (Å²) in [6.07, 6.45) is 0. The number of nitrogens with zero attached hydrogens (tertiary/aromatic N) is 1. The number of pyridine rings is 1. The van der Waals surface area contributed by atoms with Gasteiger partial charge in [-0.1, -0.05) is 17.7 Å². The third-order valence-corrected chi connectivity index (χ3v) is 4.47. The highest BCUT2D eigenvalue weighted by atomic mass is 19.1. The third kappa shape index (κ3) is 4.17. The molecule has 0 saturated heterocycles. The van der Waals surface area contributed by atoms with E-state index >= 15 is 0 Å². The number of aromatic nitrogens is 1. The molecule has 28 heavy (non-hydrogen) atoms. The van der Waals surface area contributed by atoms with Crippen LogP contribution in [-0.4, -0.2) is 23.5 Å². The van der Waals surface area contributed by atoms with Gasteiger partial charge in [0, 0.05) is 17.1 Å². The molecular weight excluding hydrogens is 359 g/mol. The fourth-order valence-corrected chi connectivity index (χ4v) is 3.20. The molecule has 0 unspecified atom stereocenters. The molecule has 0 spiro atoms. The summed E-state index contributed by atoms with van der Waals surface area (Å²) in [5.74, 6) is -1.46. The lowest BCUT2D eigenvalue weighted by atomic mass is 10.1. The Morgan fingerprint density at radius 3 is 2.39 bits per heavy atom. The molecule has 1 aromatic heterocycles. The van der Waals surface area contributed by atoms with Crippen molar-refractivity contribution in [3.05, 3.63) is 70.2 Å². The molecule has 0 saturated carbocycles. The number of amides is 1. The van der Waals surface area contributed by atoms with Gasteiger partial charge in [-0.25, -0.2) is 9.18 Å². The first-order valence-corrected chi connectivity index (χ1v) is 8.86. The highest BCUT2D eigenvalue weighted by Gasteiger charge is 2.16. The summed E-state index contributed by atoms with van der Waals surface area (Å²) < 4.78 is 18.5. The summed E-state index contributed by atoms with van der Waals surface area (Å²) in [4.78, 5) is 28.9. The van der Waals surface area contributed by atoms with Crippen LogP contribution in [-0.2, 0) is 9.53 Å². The quantitative estimate of drug-likeness (QED) is 0.681. The van der Waals surface area contributed by atoms with Gasteiger partial charge in [-0.05, 0) is 57.0 Å². The van der Waals surface area contributed by atoms with Crippen LogP contribution in [0, 0.1) is 33.5 Å². The first-order valence-electron chi connectivity index (χ1n) is 8.86. The number of nitrogens with one attached hydrogen (secondary N) is 1. The smallest absolute Gasteiger partial charge is 0.340 e. The molecule has 1 N–H and O–H groups in total. The van der Waals surface area contributed by atoms with Gasteiger partial charge in [0.05, 0.1) is 16.8 Å². The number of carbonyl (C=O) groups is 2. The maximum absolute atomic E-state index is 13.3. The van der Waals surface area contributed by atoms with E-state index in [4.69, 9.17) is 4.74 Å². The number of benzene rings is 2. The van der Waals surface area contributed by atoms with Crippen LogP contribution in [0.2, 0.25) is 0 Å². The van der Waals surface area contributed by atoms with Gasteiger partial charge in [-0.2, -0.15) is 0 Å². The van der Waals surface area contributed by atoms with Crippen LogP contribution in [0.3, 0.4) is 0 Å². The Bertz CT molecular complexity index is 1070. The molecule has 144 valence electrons. The maximum atomic E-state index is 13.3. The summed E-state index contributed by atoms with van der Waals surface area (Å²) >= 11 is 0. The average molecular weight is 380 g/mol. The van der Waals surface area contributed by atoms with Gasteiger partial charge in [0.1, 0.15) is 5.82 Å². The molecule has 1 heterocycles. The summed E-state index contributed by atoms with van der Waals surface area (Å²) in [7, 11) is 0. The Hall–Kier alpha value is -3.28. The van der Waals surface area contributed by atoms with Gasteiger partial charge in [0.25, 0.3) is 5.91 Å². The van der Waals surface area contributed by atoms with E-state index in [1.165, 1.54) is 12.1 Å². The number of ether oxygens (including phenoxy) is 1. The topological polar surface area (TPSA) is 68.3 Å². The fraction of sp³-hybridized carbons (Fsp3) is 0.227. The van der Waals surface area contributed by atoms with Crippen LogP contribution in [0.1, 0.15) is 32.7 Å². The Morgan fingerprint density at radius 2 is 1.71 bits per heavy atom. The van der Waals surface area contributed by atoms with E-state index in [0.29, 0.717) is 16.6 Å². The van der Waals surface area contributed by atoms with Crippen LogP contribution in [0.4, 0.5) is 10.1 Å². The summed E-state index contributed by atoms with van der Waals surface area (Å²) in [5, 5.41) is 3.41. The van der Waals surface area contributed by atoms with E-state index in [-0.39, 0.29) is 5.56 Å². The van der Waals surface area contributed by atoms with Gasteiger partial charge in [0.2, 0.25) is 0 Å². The number of aryl methyl sites for hydroxylation is 4. The van der Waals surface area contributed by atoms with Crippen molar-refractivity contribution in [2.24, 2.45) is 0 Å². The molecule has 0 bridgehead atoms. The van der Waals surface area contributed by atoms with Crippen molar-refractivity contribution in [2.45, 2.75) is 27.7 Å². The number of esters is 1. The Labute approximate surface area is 162 Å². The summed E-state index contributed by atoms with van der Waals surface area (Å²) in [6.45, 7) is 7.04. The average Bonchev–Trinajstić information content (AvgIpc) is 2.62. The van der Waals surface area contributed by atoms with Crippen molar-refractivity contribution < 1.29 is 18.7 Å². The zero-order valence-electron chi connectivity index (χ0n) is 16.2. The van der Waals surface area contributed by atoms with Crippen molar-refractivity contribution in [3.63, 3.8) is 0 Å². The molecule has 0 aliphatic rings. The minimum Gasteiger partial charge on any atom is -0.452 e. The van der Waals surface area contributed by atoms with E-state index < -0.39 is 24.3 Å². The number of carbonyl (C=O) groups excluding carboxylic acids is 2. The molecule has 1 amide bonds. The second-order valence-corrected chi connectivity index (χ2v) is 6.86. The largest absolute Gasteiger partial charge is 0.452 e. The molecule has 0 aliphatic heterocycles. The van der Waals surface area contributed by atoms with Crippen LogP contribution in [0.5, 0.6) is 0 Å². The minimum atomic E-state index is -0.649. The Morgan fingerprint density at radius 1 is 1.04 bits per heavy atom. The number of rotatable bonds is 4. The SMILES string of the molecule is Cc1cc(C)c(NC(=O)COC(=O)c2cc3ccc(F)cc3nc2C)c(C)c1. The normalized spacial score (nSPS) is 10.8. The predicted molar refractivity (Wildman–Crippen MR) is 106 cm³/mol. The molecule has 3 rings (SSSR count). The standard InChI is InChI=1S/C22H21FN2O3/c1-12-7-13(2)21(14(3)8-12)25-20(26)11-28-22(27)18-9-16-5-6-17(23)10-19(16)24-15(18)4/h5-10H,11H2,1-4H3,(H,25,26). The third-order valence-electron chi connectivity index (χ3n) is 4.47. The molecule has 2 aromatic carbocycles. The molecular formula is C22H21FN2O3. The Kier molecular flexibility index (Phi) is 5.40. The lowest BCUT2D eigenvalue weighted by Gasteiger charge is -2.13. The molecule has 0 radical (unpaired) electrons. The van der Waals surface area contributed by atoms with Gasteiger partial charge in [-0.3, -0.25) is 9.78 Å². The summed E-state index contributed by atoms with van der Waals surface area (Å²) in [6, 6.07) is 9.68. The zero-order chi connectivity index (χ0) is 20.4. The van der Waals surface area contributed by atoms with Crippen molar-refractivity contribution in [3.8, 4) is 0 Å². The van der Waals surface area contributed by atoms with Crippen LogP contribution < -0.4 is 5.32 Å². The van der Waals surface area contributed by atoms with Gasteiger partial charge < -0.3 is 10.1 Å². The van der Waals surface area contributed by atoms with Gasteiger partial charge in [0.15, 0.2) is 6.61 Å². The monoisotopic (exact) mass is 380 g/mol. The minimum absolute atomic E-state index is 0.245. The zero-order valence-corrected chi connectivity index (χ0v) is 16.2. The van der Waals surface area contributed by atoms with E-state index in [9.17, 15) is 14.0 Å². The van der Waals surface area contributed by atoms with E-state index in [1.807, 2.05) is 32.9 Å². The fourth-order valence-electron chi connectivity index (χ4n) is 3.20. The molecule has 0 atom stereocenters. The second kappa shape index (κ2) is 7.76. The van der Waals surface area contributed by atoms with Gasteiger partial charge >= 0.3 is 5.97 Å².